The molecule has 1 nitrogen and oxygen atoms in total. The van der Waals surface area contributed by atoms with Gasteiger partial charge in [-0.05, 0) is 29.8 Å². The normalized spacial score (nSPS) is 13.2. The third-order valence-electron chi connectivity index (χ3n) is 3.17. The fraction of sp³-hybridized carbons (Fsp3) is 0.250. The molecule has 5 heteroatoms. The molecule has 0 amide bonds. The molecule has 0 spiro atoms. The number of rotatable bonds is 4. The summed E-state index contributed by atoms with van der Waals surface area (Å²) in [5.74, 6) is 0. The first-order chi connectivity index (χ1) is 9.93. The van der Waals surface area contributed by atoms with Gasteiger partial charge in [-0.1, -0.05) is 59.3 Å². The molecule has 0 radical (unpaired) electrons. The number of alkyl halides is 3. The van der Waals surface area contributed by atoms with E-state index in [1.165, 1.54) is 12.1 Å². The molecule has 0 aromatic heterocycles. The molecular weight excluding hydrogens is 343 g/mol. The maximum atomic E-state index is 13.0. The molecule has 21 heavy (non-hydrogen) atoms. The topological polar surface area (TPSA) is 12.0 Å². The van der Waals surface area contributed by atoms with Gasteiger partial charge in [0.25, 0.3) is 0 Å². The van der Waals surface area contributed by atoms with Crippen LogP contribution in [0.2, 0.25) is 0 Å². The molecule has 0 heterocycles. The van der Waals surface area contributed by atoms with E-state index in [1.54, 1.807) is 6.07 Å². The highest BCUT2D eigenvalue weighted by atomic mass is 79.9. The Morgan fingerprint density at radius 3 is 2.29 bits per heavy atom. The van der Waals surface area contributed by atoms with E-state index < -0.39 is 11.7 Å². The first kappa shape index (κ1) is 16.0. The minimum atomic E-state index is -4.37. The molecule has 1 unspecified atom stereocenters. The Hall–Kier alpha value is -1.33. The van der Waals surface area contributed by atoms with Crippen molar-refractivity contribution in [3.8, 4) is 0 Å². The molecule has 0 saturated heterocycles. The molecule has 0 saturated carbocycles. The summed E-state index contributed by atoms with van der Waals surface area (Å²) >= 11 is 2.97. The molecule has 2 aromatic rings. The maximum Gasteiger partial charge on any atom is 0.417 e. The van der Waals surface area contributed by atoms with E-state index in [4.69, 9.17) is 0 Å². The van der Waals surface area contributed by atoms with Crippen LogP contribution in [0, 0.1) is 0 Å². The SMILES string of the molecule is CCNC(c1ccccc1)c1ccc(Br)c(C(F)(F)F)c1. The van der Waals surface area contributed by atoms with Crippen LogP contribution in [0.3, 0.4) is 0 Å². The lowest BCUT2D eigenvalue weighted by Crippen LogP contribution is -2.22. The molecule has 2 aromatic carbocycles. The van der Waals surface area contributed by atoms with Gasteiger partial charge in [0.2, 0.25) is 0 Å². The lowest BCUT2D eigenvalue weighted by Gasteiger charge is -2.21. The Labute approximate surface area is 130 Å². The van der Waals surface area contributed by atoms with Crippen molar-refractivity contribution in [2.45, 2.75) is 19.1 Å². The number of halogens is 4. The zero-order valence-electron chi connectivity index (χ0n) is 11.4. The Balaban J connectivity index is 2.47. The predicted octanol–water partition coefficient (Wildman–Crippen LogP) is 5.17. The molecule has 0 aliphatic carbocycles. The summed E-state index contributed by atoms with van der Waals surface area (Å²) in [7, 11) is 0. The summed E-state index contributed by atoms with van der Waals surface area (Å²) in [4.78, 5) is 0. The van der Waals surface area contributed by atoms with Gasteiger partial charge in [-0.15, -0.1) is 0 Å². The van der Waals surface area contributed by atoms with Crippen LogP contribution in [0.5, 0.6) is 0 Å². The maximum absolute atomic E-state index is 13.0. The zero-order chi connectivity index (χ0) is 15.5. The van der Waals surface area contributed by atoms with Crippen LogP contribution < -0.4 is 5.32 Å². The highest BCUT2D eigenvalue weighted by Gasteiger charge is 2.33. The van der Waals surface area contributed by atoms with Crippen molar-refractivity contribution in [3.63, 3.8) is 0 Å². The first-order valence-corrected chi connectivity index (χ1v) is 7.37. The highest BCUT2D eigenvalue weighted by molar-refractivity contribution is 9.10. The summed E-state index contributed by atoms with van der Waals surface area (Å²) in [5, 5.41) is 3.23. The fourth-order valence-electron chi connectivity index (χ4n) is 2.22. The molecule has 0 bridgehead atoms. The summed E-state index contributed by atoms with van der Waals surface area (Å²) in [6.07, 6.45) is -4.37. The third kappa shape index (κ3) is 3.86. The second-order valence-electron chi connectivity index (χ2n) is 4.64. The van der Waals surface area contributed by atoms with E-state index in [-0.39, 0.29) is 10.5 Å². The minimum absolute atomic E-state index is 0.0575. The lowest BCUT2D eigenvalue weighted by molar-refractivity contribution is -0.138. The van der Waals surface area contributed by atoms with Gasteiger partial charge in [0, 0.05) is 4.47 Å². The van der Waals surface area contributed by atoms with Crippen LogP contribution in [0.1, 0.15) is 29.7 Å². The van der Waals surface area contributed by atoms with Gasteiger partial charge >= 0.3 is 6.18 Å². The van der Waals surface area contributed by atoms with Crippen molar-refractivity contribution in [1.29, 1.82) is 0 Å². The van der Waals surface area contributed by atoms with Gasteiger partial charge in [-0.2, -0.15) is 13.2 Å². The largest absolute Gasteiger partial charge is 0.417 e. The highest BCUT2D eigenvalue weighted by Crippen LogP contribution is 2.37. The van der Waals surface area contributed by atoms with Crippen molar-refractivity contribution >= 4 is 15.9 Å². The number of nitrogens with one attached hydrogen (secondary N) is 1. The van der Waals surface area contributed by atoms with Crippen LogP contribution in [-0.4, -0.2) is 6.54 Å². The van der Waals surface area contributed by atoms with E-state index in [9.17, 15) is 13.2 Å². The summed E-state index contributed by atoms with van der Waals surface area (Å²) in [6.45, 7) is 2.59. The Morgan fingerprint density at radius 2 is 1.71 bits per heavy atom. The van der Waals surface area contributed by atoms with E-state index in [0.29, 0.717) is 12.1 Å². The van der Waals surface area contributed by atoms with Crippen molar-refractivity contribution in [2.24, 2.45) is 0 Å². The van der Waals surface area contributed by atoms with E-state index in [2.05, 4.69) is 21.2 Å². The minimum Gasteiger partial charge on any atom is -0.307 e. The number of benzene rings is 2. The Bertz CT molecular complexity index is 596. The second kappa shape index (κ2) is 6.62. The van der Waals surface area contributed by atoms with Gasteiger partial charge in [0.05, 0.1) is 11.6 Å². The molecular formula is C16H15BrF3N. The quantitative estimate of drug-likeness (QED) is 0.796. The van der Waals surface area contributed by atoms with Crippen LogP contribution in [0.15, 0.2) is 53.0 Å². The van der Waals surface area contributed by atoms with Gasteiger partial charge < -0.3 is 5.32 Å². The summed E-state index contributed by atoms with van der Waals surface area (Å²) in [5.41, 5.74) is 0.882. The van der Waals surface area contributed by atoms with Crippen molar-refractivity contribution in [1.82, 2.24) is 5.32 Å². The number of hydrogen-bond donors (Lipinski definition) is 1. The van der Waals surface area contributed by atoms with E-state index in [1.807, 2.05) is 37.3 Å². The van der Waals surface area contributed by atoms with Crippen molar-refractivity contribution < 1.29 is 13.2 Å². The van der Waals surface area contributed by atoms with Gasteiger partial charge in [-0.25, -0.2) is 0 Å². The van der Waals surface area contributed by atoms with Crippen molar-refractivity contribution in [2.75, 3.05) is 6.54 Å². The average molecular weight is 358 g/mol. The summed E-state index contributed by atoms with van der Waals surface area (Å²) in [6, 6.07) is 13.5. The van der Waals surface area contributed by atoms with Crippen LogP contribution in [0.4, 0.5) is 13.2 Å². The fourth-order valence-corrected chi connectivity index (χ4v) is 2.69. The zero-order valence-corrected chi connectivity index (χ0v) is 13.0. The van der Waals surface area contributed by atoms with E-state index >= 15 is 0 Å². The molecule has 112 valence electrons. The van der Waals surface area contributed by atoms with Crippen LogP contribution in [-0.2, 0) is 6.18 Å². The predicted molar refractivity (Wildman–Crippen MR) is 81.1 cm³/mol. The molecule has 0 aliphatic heterocycles. The number of hydrogen-bond acceptors (Lipinski definition) is 1. The first-order valence-electron chi connectivity index (χ1n) is 6.58. The van der Waals surface area contributed by atoms with Crippen LogP contribution in [0.25, 0.3) is 0 Å². The Morgan fingerprint density at radius 1 is 1.05 bits per heavy atom. The molecule has 0 aliphatic rings. The molecule has 1 N–H and O–H groups in total. The monoisotopic (exact) mass is 357 g/mol. The summed E-state index contributed by atoms with van der Waals surface area (Å²) < 4.78 is 39.1. The molecule has 2 rings (SSSR count). The smallest absolute Gasteiger partial charge is 0.307 e. The lowest BCUT2D eigenvalue weighted by atomic mass is 9.97. The van der Waals surface area contributed by atoms with Gasteiger partial charge in [0.1, 0.15) is 0 Å². The van der Waals surface area contributed by atoms with Gasteiger partial charge in [-0.3, -0.25) is 0 Å². The van der Waals surface area contributed by atoms with Crippen LogP contribution >= 0.6 is 15.9 Å². The molecule has 0 fully saturated rings. The van der Waals surface area contributed by atoms with Gasteiger partial charge in [0.15, 0.2) is 0 Å². The molecule has 1 atom stereocenters. The van der Waals surface area contributed by atoms with Crippen molar-refractivity contribution in [3.05, 3.63) is 69.7 Å². The second-order valence-corrected chi connectivity index (χ2v) is 5.49. The van der Waals surface area contributed by atoms with E-state index in [0.717, 1.165) is 5.56 Å². The standard InChI is InChI=1S/C16H15BrF3N/c1-2-21-15(11-6-4-3-5-7-11)12-8-9-14(17)13(10-12)16(18,19)20/h3-10,15,21H,2H2,1H3. The average Bonchev–Trinajstić information content (AvgIpc) is 2.45. The third-order valence-corrected chi connectivity index (χ3v) is 3.86. The Kier molecular flexibility index (Phi) is 5.06.